The van der Waals surface area contributed by atoms with Crippen molar-refractivity contribution in [3.8, 4) is 11.1 Å². The van der Waals surface area contributed by atoms with Crippen LogP contribution in [0.3, 0.4) is 0 Å². The Morgan fingerprint density at radius 1 is 1.21 bits per heavy atom. The van der Waals surface area contributed by atoms with Crippen molar-refractivity contribution in [3.05, 3.63) is 62.5 Å². The molecule has 2 aromatic rings. The summed E-state index contributed by atoms with van der Waals surface area (Å²) in [5, 5.41) is 38.5. The van der Waals surface area contributed by atoms with E-state index in [0.29, 0.717) is 0 Å². The third kappa shape index (κ3) is 4.30. The van der Waals surface area contributed by atoms with Gasteiger partial charge in [-0.15, -0.1) is 0 Å². The van der Waals surface area contributed by atoms with Crippen molar-refractivity contribution < 1.29 is 24.9 Å². The molecule has 0 fully saturated rings. The normalized spacial score (nSPS) is 9.58. The second-order valence-electron chi connectivity index (χ2n) is 4.27. The summed E-state index contributed by atoms with van der Waals surface area (Å²) in [7, 11) is 0. The fourth-order valence-corrected chi connectivity index (χ4v) is 1.83. The van der Waals surface area contributed by atoms with E-state index in [9.17, 15) is 25.0 Å². The molecule has 0 unspecified atom stereocenters. The van der Waals surface area contributed by atoms with Gasteiger partial charge in [0, 0.05) is 24.9 Å². The molecule has 0 saturated heterocycles. The number of hydrogen-bond donors (Lipinski definition) is 2. The molecule has 10 nitrogen and oxygen atoms in total. The van der Waals surface area contributed by atoms with E-state index in [1.165, 1.54) is 18.2 Å². The minimum atomic E-state index is -1.41. The van der Waals surface area contributed by atoms with Crippen molar-refractivity contribution in [1.29, 1.82) is 0 Å². The Bertz CT molecular complexity index is 744. The highest BCUT2D eigenvalue weighted by Crippen LogP contribution is 2.34. The van der Waals surface area contributed by atoms with E-state index in [4.69, 9.17) is 10.2 Å². The fourth-order valence-electron chi connectivity index (χ4n) is 1.83. The van der Waals surface area contributed by atoms with Gasteiger partial charge in [0.25, 0.3) is 11.4 Å². The second-order valence-corrected chi connectivity index (χ2v) is 4.27. The largest absolute Gasteiger partial charge is 0.478 e. The average molecular weight is 335 g/mol. The predicted molar refractivity (Wildman–Crippen MR) is 82.7 cm³/mol. The van der Waals surface area contributed by atoms with Crippen LogP contribution in [0.4, 0.5) is 11.4 Å². The first kappa shape index (κ1) is 18.6. The van der Waals surface area contributed by atoms with Crippen molar-refractivity contribution in [2.45, 2.75) is 6.92 Å². The maximum atomic E-state index is 11.2. The summed E-state index contributed by atoms with van der Waals surface area (Å²) >= 11 is 0. The lowest BCUT2D eigenvalue weighted by atomic mass is 9.99. The van der Waals surface area contributed by atoms with E-state index in [1.54, 1.807) is 6.92 Å². The van der Waals surface area contributed by atoms with Gasteiger partial charge in [-0.25, -0.2) is 4.79 Å². The zero-order valence-electron chi connectivity index (χ0n) is 12.4. The molecule has 24 heavy (non-hydrogen) atoms. The average Bonchev–Trinajstić information content (AvgIpc) is 2.54. The zero-order chi connectivity index (χ0) is 18.3. The number of carbonyl (C=O) groups is 1. The molecule has 0 aliphatic rings. The number of aromatic nitrogens is 1. The van der Waals surface area contributed by atoms with Crippen molar-refractivity contribution in [2.75, 3.05) is 6.61 Å². The van der Waals surface area contributed by atoms with Crippen LogP contribution in [0.25, 0.3) is 11.1 Å². The number of aliphatic hydroxyl groups excluding tert-OH is 1. The van der Waals surface area contributed by atoms with E-state index in [2.05, 4.69) is 4.98 Å². The van der Waals surface area contributed by atoms with Crippen LogP contribution in [0.1, 0.15) is 17.3 Å². The SMILES string of the molecule is CCO.O=C(O)c1cncc([N+](=O)[O-])c1-c1cccc([N+](=O)[O-])c1. The minimum Gasteiger partial charge on any atom is -0.478 e. The van der Waals surface area contributed by atoms with Gasteiger partial charge in [-0.05, 0) is 12.5 Å². The van der Waals surface area contributed by atoms with Crippen molar-refractivity contribution in [2.24, 2.45) is 0 Å². The number of carboxylic acid groups (broad SMARTS) is 1. The first-order valence-corrected chi connectivity index (χ1v) is 6.54. The Morgan fingerprint density at radius 2 is 1.83 bits per heavy atom. The maximum absolute atomic E-state index is 11.2. The number of non-ortho nitro benzene ring substituents is 1. The Morgan fingerprint density at radius 3 is 2.33 bits per heavy atom. The molecular formula is C14H13N3O7. The van der Waals surface area contributed by atoms with Crippen LogP contribution < -0.4 is 0 Å². The number of rotatable bonds is 4. The molecular weight excluding hydrogens is 322 g/mol. The van der Waals surface area contributed by atoms with Crippen molar-refractivity contribution >= 4 is 17.3 Å². The van der Waals surface area contributed by atoms with Crippen LogP contribution >= 0.6 is 0 Å². The van der Waals surface area contributed by atoms with Gasteiger partial charge < -0.3 is 10.2 Å². The van der Waals surface area contributed by atoms with E-state index in [1.807, 2.05) is 0 Å². The highest BCUT2D eigenvalue weighted by Gasteiger charge is 2.24. The van der Waals surface area contributed by atoms with Gasteiger partial charge in [0.2, 0.25) is 0 Å². The quantitative estimate of drug-likeness (QED) is 0.636. The van der Waals surface area contributed by atoms with Crippen LogP contribution in [0, 0.1) is 20.2 Å². The summed E-state index contributed by atoms with van der Waals surface area (Å²) in [5.74, 6) is -1.41. The van der Waals surface area contributed by atoms with Crippen LogP contribution in [0.2, 0.25) is 0 Å². The highest BCUT2D eigenvalue weighted by atomic mass is 16.6. The Kier molecular flexibility index (Phi) is 6.44. The molecule has 0 radical (unpaired) electrons. The van der Waals surface area contributed by atoms with Crippen molar-refractivity contribution in [1.82, 2.24) is 4.98 Å². The lowest BCUT2D eigenvalue weighted by Crippen LogP contribution is -2.04. The minimum absolute atomic E-state index is 0.0655. The molecule has 0 aliphatic carbocycles. The highest BCUT2D eigenvalue weighted by molar-refractivity contribution is 5.98. The molecule has 0 spiro atoms. The second kappa shape index (κ2) is 8.29. The summed E-state index contributed by atoms with van der Waals surface area (Å²) in [5.41, 5.74) is -1.38. The Labute approximate surface area is 135 Å². The number of aliphatic hydroxyl groups is 1. The van der Waals surface area contributed by atoms with Gasteiger partial charge in [-0.3, -0.25) is 25.2 Å². The number of aromatic carboxylic acids is 1. The van der Waals surface area contributed by atoms with E-state index in [0.717, 1.165) is 18.5 Å². The van der Waals surface area contributed by atoms with Crippen LogP contribution in [-0.2, 0) is 0 Å². The molecule has 126 valence electrons. The van der Waals surface area contributed by atoms with Gasteiger partial charge >= 0.3 is 5.97 Å². The van der Waals surface area contributed by atoms with Crippen molar-refractivity contribution in [3.63, 3.8) is 0 Å². The van der Waals surface area contributed by atoms with Crippen LogP contribution in [0.5, 0.6) is 0 Å². The zero-order valence-corrected chi connectivity index (χ0v) is 12.4. The van der Waals surface area contributed by atoms with E-state index < -0.39 is 27.1 Å². The molecule has 0 bridgehead atoms. The summed E-state index contributed by atoms with van der Waals surface area (Å²) in [6, 6.07) is 4.97. The first-order chi connectivity index (χ1) is 11.3. The van der Waals surface area contributed by atoms with E-state index >= 15 is 0 Å². The molecule has 0 saturated carbocycles. The number of nitro groups is 2. The third-order valence-electron chi connectivity index (χ3n) is 2.70. The molecule has 0 amide bonds. The van der Waals surface area contributed by atoms with E-state index in [-0.39, 0.29) is 23.4 Å². The molecule has 1 aromatic heterocycles. The number of pyridine rings is 1. The van der Waals surface area contributed by atoms with Gasteiger partial charge in [-0.2, -0.15) is 0 Å². The van der Waals surface area contributed by atoms with Gasteiger partial charge in [-0.1, -0.05) is 12.1 Å². The third-order valence-corrected chi connectivity index (χ3v) is 2.70. The summed E-state index contributed by atoms with van der Waals surface area (Å²) in [6.45, 7) is 1.93. The Balaban J connectivity index is 0.000000891. The lowest BCUT2D eigenvalue weighted by Gasteiger charge is -2.06. The Hall–Kier alpha value is -3.40. The molecule has 2 N–H and O–H groups in total. The standard InChI is InChI=1S/C12H7N3O6.C2H6O/c16-12(17)9-5-13-6-10(15(20)21)11(9)7-2-1-3-8(4-7)14(18)19;1-2-3/h1-6H,(H,16,17);3H,2H2,1H3. The van der Waals surface area contributed by atoms with Crippen LogP contribution in [0.15, 0.2) is 36.7 Å². The monoisotopic (exact) mass is 335 g/mol. The summed E-state index contributed by atoms with van der Waals surface area (Å²) < 4.78 is 0. The number of nitro benzene ring substituents is 1. The van der Waals surface area contributed by atoms with Gasteiger partial charge in [0.1, 0.15) is 6.20 Å². The van der Waals surface area contributed by atoms with Gasteiger partial charge in [0.15, 0.2) is 0 Å². The molecule has 2 rings (SSSR count). The predicted octanol–water partition coefficient (Wildman–Crippen LogP) is 2.26. The number of benzene rings is 1. The summed E-state index contributed by atoms with van der Waals surface area (Å²) in [4.78, 5) is 35.0. The fraction of sp³-hybridized carbons (Fsp3) is 0.143. The maximum Gasteiger partial charge on any atom is 0.338 e. The van der Waals surface area contributed by atoms with Crippen LogP contribution in [-0.4, -0.2) is 37.6 Å². The topological polar surface area (TPSA) is 157 Å². The molecule has 1 aromatic carbocycles. The molecule has 0 aliphatic heterocycles. The molecule has 1 heterocycles. The molecule has 10 heteroatoms. The number of nitrogens with zero attached hydrogens (tertiary/aromatic N) is 3. The molecule has 0 atom stereocenters. The number of carboxylic acids is 1. The summed E-state index contributed by atoms with van der Waals surface area (Å²) in [6.07, 6.45) is 1.87. The first-order valence-electron chi connectivity index (χ1n) is 6.54. The number of hydrogen-bond acceptors (Lipinski definition) is 7. The van der Waals surface area contributed by atoms with Gasteiger partial charge in [0.05, 0.1) is 21.0 Å². The smallest absolute Gasteiger partial charge is 0.338 e. The lowest BCUT2D eigenvalue weighted by molar-refractivity contribution is -0.385.